The normalized spacial score (nSPS) is 15.0. The van der Waals surface area contributed by atoms with Crippen LogP contribution in [0.1, 0.15) is 33.5 Å². The zero-order chi connectivity index (χ0) is 25.7. The Balaban J connectivity index is 1.55. The SMILES string of the molecule is NCc1ccc(C(=O)Nc2ccc3c(c2)N[C@H](CC(=O)O)C(=O)N(CCc2ccccc2)C3)cc1Cl. The van der Waals surface area contributed by atoms with E-state index >= 15 is 0 Å². The molecule has 0 fully saturated rings. The van der Waals surface area contributed by atoms with Crippen LogP contribution in [0.2, 0.25) is 5.02 Å². The molecule has 9 heteroatoms. The van der Waals surface area contributed by atoms with Gasteiger partial charge in [0.1, 0.15) is 6.04 Å². The van der Waals surface area contributed by atoms with Gasteiger partial charge in [-0.1, -0.05) is 54.1 Å². The predicted molar refractivity (Wildman–Crippen MR) is 139 cm³/mol. The molecule has 0 aromatic heterocycles. The minimum atomic E-state index is -1.07. The molecule has 36 heavy (non-hydrogen) atoms. The third-order valence-corrected chi connectivity index (χ3v) is 6.45. The van der Waals surface area contributed by atoms with Gasteiger partial charge in [0.25, 0.3) is 5.91 Å². The summed E-state index contributed by atoms with van der Waals surface area (Å²) >= 11 is 6.18. The fourth-order valence-corrected chi connectivity index (χ4v) is 4.41. The first-order valence-corrected chi connectivity index (χ1v) is 12.0. The summed E-state index contributed by atoms with van der Waals surface area (Å²) in [5.74, 6) is -1.70. The molecule has 0 saturated carbocycles. The van der Waals surface area contributed by atoms with Crippen LogP contribution in [0.4, 0.5) is 11.4 Å². The van der Waals surface area contributed by atoms with Crippen molar-refractivity contribution in [3.8, 4) is 0 Å². The van der Waals surface area contributed by atoms with Crippen molar-refractivity contribution in [2.24, 2.45) is 5.73 Å². The van der Waals surface area contributed by atoms with Gasteiger partial charge in [0.2, 0.25) is 5.91 Å². The van der Waals surface area contributed by atoms with Crippen molar-refractivity contribution in [3.05, 3.63) is 94.0 Å². The van der Waals surface area contributed by atoms with Crippen LogP contribution < -0.4 is 16.4 Å². The van der Waals surface area contributed by atoms with Crippen LogP contribution in [0.25, 0.3) is 0 Å². The number of nitrogens with one attached hydrogen (secondary N) is 2. The van der Waals surface area contributed by atoms with Gasteiger partial charge in [-0.15, -0.1) is 0 Å². The summed E-state index contributed by atoms with van der Waals surface area (Å²) in [6.07, 6.45) is 0.296. The number of hydrogen-bond acceptors (Lipinski definition) is 5. The Bertz CT molecular complexity index is 1280. The number of carbonyl (C=O) groups is 3. The molecule has 3 aromatic carbocycles. The van der Waals surface area contributed by atoms with E-state index in [1.807, 2.05) is 36.4 Å². The topological polar surface area (TPSA) is 125 Å². The zero-order valence-electron chi connectivity index (χ0n) is 19.5. The van der Waals surface area contributed by atoms with Crippen molar-refractivity contribution in [1.82, 2.24) is 4.90 Å². The highest BCUT2D eigenvalue weighted by molar-refractivity contribution is 6.31. The van der Waals surface area contributed by atoms with Gasteiger partial charge in [-0.25, -0.2) is 0 Å². The Morgan fingerprint density at radius 1 is 1.11 bits per heavy atom. The fraction of sp³-hybridized carbons (Fsp3) is 0.222. The Morgan fingerprint density at radius 3 is 2.58 bits per heavy atom. The van der Waals surface area contributed by atoms with Crippen molar-refractivity contribution >= 4 is 40.8 Å². The molecule has 1 aliphatic rings. The molecule has 1 atom stereocenters. The molecule has 8 nitrogen and oxygen atoms in total. The average Bonchev–Trinajstić information content (AvgIpc) is 2.99. The Morgan fingerprint density at radius 2 is 1.89 bits per heavy atom. The molecule has 5 N–H and O–H groups in total. The summed E-state index contributed by atoms with van der Waals surface area (Å²) in [5, 5.41) is 15.7. The number of carboxylic acids is 1. The number of halogens is 1. The van der Waals surface area contributed by atoms with E-state index in [1.54, 1.807) is 35.2 Å². The number of carboxylic acid groups (broad SMARTS) is 1. The molecule has 1 heterocycles. The summed E-state index contributed by atoms with van der Waals surface area (Å²) in [6.45, 7) is 1.06. The number of carbonyl (C=O) groups excluding carboxylic acids is 2. The first kappa shape index (κ1) is 25.2. The molecular formula is C27H27ClN4O4. The highest BCUT2D eigenvalue weighted by Gasteiger charge is 2.31. The number of aliphatic carboxylic acids is 1. The Labute approximate surface area is 214 Å². The van der Waals surface area contributed by atoms with Crippen molar-refractivity contribution < 1.29 is 19.5 Å². The maximum Gasteiger partial charge on any atom is 0.305 e. The molecule has 3 aromatic rings. The summed E-state index contributed by atoms with van der Waals surface area (Å²) in [7, 11) is 0. The number of benzene rings is 3. The van der Waals surface area contributed by atoms with Crippen molar-refractivity contribution in [2.45, 2.75) is 32.0 Å². The number of hydrogen-bond donors (Lipinski definition) is 4. The van der Waals surface area contributed by atoms with E-state index < -0.39 is 12.0 Å². The van der Waals surface area contributed by atoms with Crippen LogP contribution >= 0.6 is 11.6 Å². The van der Waals surface area contributed by atoms with Gasteiger partial charge in [-0.2, -0.15) is 0 Å². The minimum absolute atomic E-state index is 0.273. The van der Waals surface area contributed by atoms with Crippen LogP contribution in [-0.4, -0.2) is 40.4 Å². The predicted octanol–water partition coefficient (Wildman–Crippen LogP) is 3.89. The van der Waals surface area contributed by atoms with E-state index in [1.165, 1.54) is 0 Å². The number of rotatable bonds is 8. The van der Waals surface area contributed by atoms with Crippen molar-refractivity contribution in [2.75, 3.05) is 17.2 Å². The van der Waals surface area contributed by atoms with E-state index in [9.17, 15) is 19.5 Å². The highest BCUT2D eigenvalue weighted by atomic mass is 35.5. The quantitative estimate of drug-likeness (QED) is 0.367. The number of amides is 2. The standard InChI is InChI=1S/C27H27ClN4O4/c28-22-12-18(6-7-19(22)15-29)26(35)30-21-9-8-20-16-32(11-10-17-4-2-1-3-5-17)27(36)24(14-25(33)34)31-23(20)13-21/h1-9,12-13,24,31H,10-11,14-16,29H2,(H,30,35)(H,33,34)/t24-/m1/s1. The number of fused-ring (bicyclic) bond motifs is 1. The molecule has 0 bridgehead atoms. The maximum atomic E-state index is 13.2. The Kier molecular flexibility index (Phi) is 7.87. The average molecular weight is 507 g/mol. The van der Waals surface area contributed by atoms with Crippen LogP contribution in [0.5, 0.6) is 0 Å². The number of nitrogens with two attached hydrogens (primary N) is 1. The molecule has 0 unspecified atom stereocenters. The second-order valence-electron chi connectivity index (χ2n) is 8.63. The van der Waals surface area contributed by atoms with Gasteiger partial charge in [-0.3, -0.25) is 14.4 Å². The second kappa shape index (κ2) is 11.2. The van der Waals surface area contributed by atoms with E-state index in [4.69, 9.17) is 17.3 Å². The summed E-state index contributed by atoms with van der Waals surface area (Å²) in [5.41, 5.74) is 9.79. The van der Waals surface area contributed by atoms with Gasteiger partial charge in [0.05, 0.1) is 6.42 Å². The van der Waals surface area contributed by atoms with E-state index in [0.717, 1.165) is 16.7 Å². The summed E-state index contributed by atoms with van der Waals surface area (Å²) in [6, 6.07) is 19.1. The molecule has 0 saturated heterocycles. The summed E-state index contributed by atoms with van der Waals surface area (Å²) < 4.78 is 0. The third-order valence-electron chi connectivity index (χ3n) is 6.10. The van der Waals surface area contributed by atoms with Crippen molar-refractivity contribution in [1.29, 1.82) is 0 Å². The van der Waals surface area contributed by atoms with Crippen LogP contribution in [0.15, 0.2) is 66.7 Å². The summed E-state index contributed by atoms with van der Waals surface area (Å²) in [4.78, 5) is 39.1. The van der Waals surface area contributed by atoms with Gasteiger partial charge in [0.15, 0.2) is 0 Å². The fourth-order valence-electron chi connectivity index (χ4n) is 4.15. The molecule has 0 radical (unpaired) electrons. The molecule has 2 amide bonds. The first-order chi connectivity index (χ1) is 17.3. The third kappa shape index (κ3) is 6.02. The van der Waals surface area contributed by atoms with Gasteiger partial charge >= 0.3 is 5.97 Å². The zero-order valence-corrected chi connectivity index (χ0v) is 20.3. The van der Waals surface area contributed by atoms with Crippen molar-refractivity contribution in [3.63, 3.8) is 0 Å². The lowest BCUT2D eigenvalue weighted by Crippen LogP contribution is -2.42. The highest BCUT2D eigenvalue weighted by Crippen LogP contribution is 2.28. The molecule has 186 valence electrons. The van der Waals surface area contributed by atoms with Gasteiger partial charge in [0, 0.05) is 41.6 Å². The number of anilines is 2. The minimum Gasteiger partial charge on any atom is -0.481 e. The number of nitrogens with zero attached hydrogens (tertiary/aromatic N) is 1. The molecule has 4 rings (SSSR count). The lowest BCUT2D eigenvalue weighted by Gasteiger charge is -2.24. The Hall–Kier alpha value is -3.88. The van der Waals surface area contributed by atoms with Gasteiger partial charge < -0.3 is 26.4 Å². The van der Waals surface area contributed by atoms with Crippen LogP contribution in [0, 0.1) is 0 Å². The van der Waals surface area contributed by atoms with E-state index in [0.29, 0.717) is 41.5 Å². The van der Waals surface area contributed by atoms with Crippen LogP contribution in [0.3, 0.4) is 0 Å². The molecule has 0 spiro atoms. The van der Waals surface area contributed by atoms with Gasteiger partial charge in [-0.05, 0) is 47.4 Å². The maximum absolute atomic E-state index is 13.2. The largest absolute Gasteiger partial charge is 0.481 e. The lowest BCUT2D eigenvalue weighted by molar-refractivity contribution is -0.141. The molecule has 0 aliphatic carbocycles. The molecular weight excluding hydrogens is 480 g/mol. The monoisotopic (exact) mass is 506 g/mol. The molecule has 1 aliphatic heterocycles. The second-order valence-corrected chi connectivity index (χ2v) is 9.03. The first-order valence-electron chi connectivity index (χ1n) is 11.6. The van der Waals surface area contributed by atoms with E-state index in [2.05, 4.69) is 10.6 Å². The van der Waals surface area contributed by atoms with E-state index in [-0.39, 0.29) is 24.8 Å². The lowest BCUT2D eigenvalue weighted by atomic mass is 10.1. The van der Waals surface area contributed by atoms with Crippen LogP contribution in [-0.2, 0) is 29.1 Å². The smallest absolute Gasteiger partial charge is 0.305 e.